The molecule has 0 aliphatic heterocycles. The topological polar surface area (TPSA) is 80.9 Å². The maximum atomic E-state index is 12.2. The van der Waals surface area contributed by atoms with Crippen LogP contribution in [0.4, 0.5) is 5.82 Å². The number of amides is 1. The molecule has 1 aromatic carbocycles. The number of hydrogen-bond acceptors (Lipinski definition) is 6. The second-order valence-electron chi connectivity index (χ2n) is 5.64. The first-order valence-electron chi connectivity index (χ1n) is 8.12. The van der Waals surface area contributed by atoms with E-state index in [0.717, 1.165) is 16.6 Å². The van der Waals surface area contributed by atoms with Crippen LogP contribution < -0.4 is 11.1 Å². The number of carbonyl (C=O) groups excluding carboxylic acids is 1. The highest BCUT2D eigenvalue weighted by Crippen LogP contribution is 2.26. The zero-order valence-electron chi connectivity index (χ0n) is 13.9. The molecule has 3 N–H and O–H groups in total. The molecule has 0 aliphatic carbocycles. The Bertz CT molecular complexity index is 851. The smallest absolute Gasteiger partial charge is 0.230 e. The standard InChI is InChI=1S/C18H20N4OS2/c1-2-12(13-6-4-3-5-7-13)10-20-15(23)11-25-18-21-16(19)14-8-9-24-17(14)22-18/h3-9,12H,2,10-11H2,1H3,(H,20,23)(H2,19,21,22)/t12-/m0/s1. The summed E-state index contributed by atoms with van der Waals surface area (Å²) in [5.74, 6) is 1.04. The van der Waals surface area contributed by atoms with E-state index in [1.54, 1.807) is 0 Å². The van der Waals surface area contributed by atoms with Gasteiger partial charge in [-0.15, -0.1) is 11.3 Å². The van der Waals surface area contributed by atoms with Crippen molar-refractivity contribution in [2.24, 2.45) is 0 Å². The van der Waals surface area contributed by atoms with Crippen molar-refractivity contribution in [2.75, 3.05) is 18.0 Å². The summed E-state index contributed by atoms with van der Waals surface area (Å²) in [5, 5.41) is 6.35. The number of fused-ring (bicyclic) bond motifs is 1. The molecule has 3 rings (SSSR count). The molecule has 0 fully saturated rings. The van der Waals surface area contributed by atoms with Crippen LogP contribution in [0.2, 0.25) is 0 Å². The lowest BCUT2D eigenvalue weighted by molar-refractivity contribution is -0.118. The summed E-state index contributed by atoms with van der Waals surface area (Å²) in [6, 6.07) is 12.2. The first-order valence-corrected chi connectivity index (χ1v) is 9.99. The molecule has 1 atom stereocenters. The first-order chi connectivity index (χ1) is 12.2. The summed E-state index contributed by atoms with van der Waals surface area (Å²) in [6.45, 7) is 2.76. The number of hydrogen-bond donors (Lipinski definition) is 2. The molecule has 7 heteroatoms. The number of benzene rings is 1. The SMILES string of the molecule is CC[C@@H](CNC(=O)CSc1nc(N)c2ccsc2n1)c1ccccc1. The van der Waals surface area contributed by atoms with Crippen LogP contribution in [0.1, 0.15) is 24.8 Å². The van der Waals surface area contributed by atoms with E-state index in [2.05, 4.69) is 34.3 Å². The minimum Gasteiger partial charge on any atom is -0.383 e. The van der Waals surface area contributed by atoms with Crippen molar-refractivity contribution in [1.29, 1.82) is 0 Å². The van der Waals surface area contributed by atoms with Crippen LogP contribution in [0.25, 0.3) is 10.2 Å². The molecule has 0 saturated heterocycles. The summed E-state index contributed by atoms with van der Waals surface area (Å²) in [7, 11) is 0. The van der Waals surface area contributed by atoms with Crippen molar-refractivity contribution in [3.05, 3.63) is 47.3 Å². The molecule has 0 spiro atoms. The van der Waals surface area contributed by atoms with E-state index >= 15 is 0 Å². The molecule has 2 aromatic heterocycles. The van der Waals surface area contributed by atoms with Gasteiger partial charge in [-0.2, -0.15) is 0 Å². The average Bonchev–Trinajstić information content (AvgIpc) is 3.10. The van der Waals surface area contributed by atoms with Gasteiger partial charge in [-0.05, 0) is 23.4 Å². The monoisotopic (exact) mass is 372 g/mol. The van der Waals surface area contributed by atoms with Crippen LogP contribution in [0.15, 0.2) is 46.9 Å². The second-order valence-corrected chi connectivity index (χ2v) is 7.48. The average molecular weight is 373 g/mol. The Hall–Kier alpha value is -2.12. The lowest BCUT2D eigenvalue weighted by Crippen LogP contribution is -2.29. The van der Waals surface area contributed by atoms with Gasteiger partial charge < -0.3 is 11.1 Å². The Kier molecular flexibility index (Phi) is 5.88. The van der Waals surface area contributed by atoms with E-state index in [0.29, 0.717) is 23.4 Å². The molecule has 25 heavy (non-hydrogen) atoms. The van der Waals surface area contributed by atoms with Crippen molar-refractivity contribution in [1.82, 2.24) is 15.3 Å². The lowest BCUT2D eigenvalue weighted by Gasteiger charge is -2.16. The van der Waals surface area contributed by atoms with Gasteiger partial charge in [0.25, 0.3) is 0 Å². The predicted octanol–water partition coefficient (Wildman–Crippen LogP) is 3.68. The fourth-order valence-electron chi connectivity index (χ4n) is 2.56. The number of nitrogens with two attached hydrogens (primary N) is 1. The molecule has 0 radical (unpaired) electrons. The third-order valence-corrected chi connectivity index (χ3v) is 5.63. The molecular formula is C18H20N4OS2. The van der Waals surface area contributed by atoms with Gasteiger partial charge in [0.15, 0.2) is 5.16 Å². The van der Waals surface area contributed by atoms with Crippen molar-refractivity contribution in [3.63, 3.8) is 0 Å². The van der Waals surface area contributed by atoms with Gasteiger partial charge in [0.1, 0.15) is 10.6 Å². The Morgan fingerprint density at radius 3 is 2.84 bits per heavy atom. The fraction of sp³-hybridized carbons (Fsp3) is 0.278. The summed E-state index contributed by atoms with van der Waals surface area (Å²) in [4.78, 5) is 21.7. The Morgan fingerprint density at radius 2 is 2.08 bits per heavy atom. The van der Waals surface area contributed by atoms with E-state index in [1.165, 1.54) is 28.7 Å². The number of nitrogen functional groups attached to an aromatic ring is 1. The minimum absolute atomic E-state index is 0.0205. The zero-order valence-corrected chi connectivity index (χ0v) is 15.6. The third kappa shape index (κ3) is 4.49. The molecule has 2 heterocycles. The molecule has 0 bridgehead atoms. The summed E-state index contributed by atoms with van der Waals surface area (Å²) >= 11 is 2.83. The minimum atomic E-state index is -0.0205. The molecule has 130 valence electrons. The van der Waals surface area contributed by atoms with Gasteiger partial charge in [-0.25, -0.2) is 9.97 Å². The van der Waals surface area contributed by atoms with Gasteiger partial charge in [0, 0.05) is 12.5 Å². The van der Waals surface area contributed by atoms with Crippen molar-refractivity contribution in [2.45, 2.75) is 24.4 Å². The Balaban J connectivity index is 1.53. The third-order valence-electron chi connectivity index (χ3n) is 3.98. The molecule has 0 aliphatic rings. The Morgan fingerprint density at radius 1 is 1.28 bits per heavy atom. The van der Waals surface area contributed by atoms with E-state index in [-0.39, 0.29) is 11.7 Å². The molecule has 1 amide bonds. The summed E-state index contributed by atoms with van der Waals surface area (Å²) in [6.07, 6.45) is 0.978. The summed E-state index contributed by atoms with van der Waals surface area (Å²) in [5.41, 5.74) is 7.18. The number of aromatic nitrogens is 2. The van der Waals surface area contributed by atoms with E-state index in [9.17, 15) is 4.79 Å². The largest absolute Gasteiger partial charge is 0.383 e. The zero-order chi connectivity index (χ0) is 17.6. The number of nitrogens with zero attached hydrogens (tertiary/aromatic N) is 2. The van der Waals surface area contributed by atoms with Gasteiger partial charge in [0.2, 0.25) is 5.91 Å². The number of thioether (sulfide) groups is 1. The van der Waals surface area contributed by atoms with Gasteiger partial charge in [0.05, 0.1) is 11.1 Å². The fourth-order valence-corrected chi connectivity index (χ4v) is 4.07. The van der Waals surface area contributed by atoms with Crippen LogP contribution in [0.5, 0.6) is 0 Å². The van der Waals surface area contributed by atoms with Crippen molar-refractivity contribution < 1.29 is 4.79 Å². The molecule has 0 unspecified atom stereocenters. The van der Waals surface area contributed by atoms with E-state index in [4.69, 9.17) is 5.73 Å². The van der Waals surface area contributed by atoms with Crippen molar-refractivity contribution in [3.8, 4) is 0 Å². The lowest BCUT2D eigenvalue weighted by atomic mass is 9.96. The van der Waals surface area contributed by atoms with Gasteiger partial charge >= 0.3 is 0 Å². The molecule has 3 aromatic rings. The second kappa shape index (κ2) is 8.31. The van der Waals surface area contributed by atoms with Crippen LogP contribution in [0, 0.1) is 0 Å². The van der Waals surface area contributed by atoms with Crippen LogP contribution >= 0.6 is 23.1 Å². The number of rotatable bonds is 7. The van der Waals surface area contributed by atoms with Gasteiger partial charge in [-0.1, -0.05) is 49.0 Å². The molecular weight excluding hydrogens is 352 g/mol. The normalized spacial score (nSPS) is 12.2. The Labute approximate surface area is 155 Å². The quantitative estimate of drug-likeness (QED) is 0.488. The van der Waals surface area contributed by atoms with Crippen LogP contribution in [-0.2, 0) is 4.79 Å². The molecule has 0 saturated carbocycles. The number of nitrogens with one attached hydrogen (secondary N) is 1. The highest BCUT2D eigenvalue weighted by atomic mass is 32.2. The summed E-state index contributed by atoms with van der Waals surface area (Å²) < 4.78 is 0. The predicted molar refractivity (Wildman–Crippen MR) is 105 cm³/mol. The number of thiophene rings is 1. The maximum Gasteiger partial charge on any atom is 0.230 e. The highest BCUT2D eigenvalue weighted by molar-refractivity contribution is 7.99. The van der Waals surface area contributed by atoms with Crippen LogP contribution in [0.3, 0.4) is 0 Å². The van der Waals surface area contributed by atoms with Crippen molar-refractivity contribution >= 4 is 45.0 Å². The van der Waals surface area contributed by atoms with Gasteiger partial charge in [-0.3, -0.25) is 4.79 Å². The number of carbonyl (C=O) groups is 1. The maximum absolute atomic E-state index is 12.2. The number of anilines is 1. The van der Waals surface area contributed by atoms with E-state index in [1.807, 2.05) is 29.6 Å². The highest BCUT2D eigenvalue weighted by Gasteiger charge is 2.12. The molecule has 5 nitrogen and oxygen atoms in total. The first kappa shape index (κ1) is 17.7. The van der Waals surface area contributed by atoms with E-state index < -0.39 is 0 Å². The van der Waals surface area contributed by atoms with Crippen LogP contribution in [-0.4, -0.2) is 28.2 Å².